The number of carboxylic acids is 1. The van der Waals surface area contributed by atoms with Crippen LogP contribution in [0, 0.1) is 0 Å². The maximum atomic E-state index is 12.3. The Labute approximate surface area is 182 Å². The van der Waals surface area contributed by atoms with Crippen molar-refractivity contribution in [3.05, 3.63) is 48.0 Å². The smallest absolute Gasteiger partial charge is 0.310 e. The summed E-state index contributed by atoms with van der Waals surface area (Å²) < 4.78 is 5.79. The van der Waals surface area contributed by atoms with Gasteiger partial charge in [-0.15, -0.1) is 0 Å². The van der Waals surface area contributed by atoms with Crippen LogP contribution in [0.3, 0.4) is 0 Å². The second-order valence-electron chi connectivity index (χ2n) is 8.03. The number of carbonyl (C=O) groups excluding carboxylic acids is 1. The minimum atomic E-state index is -0.702. The van der Waals surface area contributed by atoms with Crippen LogP contribution in [0.1, 0.15) is 96.0 Å². The number of allylic oxidation sites excluding steroid dienone is 1. The van der Waals surface area contributed by atoms with E-state index >= 15 is 0 Å². The summed E-state index contributed by atoms with van der Waals surface area (Å²) in [4.78, 5) is 22.8. The average Bonchev–Trinajstić information content (AvgIpc) is 2.72. The number of esters is 1. The Kier molecular flexibility index (Phi) is 15.3. The fraction of sp³-hybridized carbons (Fsp3) is 0.615. The summed E-state index contributed by atoms with van der Waals surface area (Å²) >= 11 is 0. The first-order valence-electron chi connectivity index (χ1n) is 11.7. The van der Waals surface area contributed by atoms with Crippen molar-refractivity contribution in [2.75, 3.05) is 0 Å². The molecule has 1 aromatic carbocycles. The summed E-state index contributed by atoms with van der Waals surface area (Å²) in [6.45, 7) is 2.20. The van der Waals surface area contributed by atoms with Crippen molar-refractivity contribution in [2.24, 2.45) is 0 Å². The molecule has 0 aromatic heterocycles. The summed E-state index contributed by atoms with van der Waals surface area (Å²) in [5.74, 6) is -0.844. The van der Waals surface area contributed by atoms with E-state index in [0.717, 1.165) is 63.4 Å². The lowest BCUT2D eigenvalue weighted by Gasteiger charge is -2.16. The first kappa shape index (κ1) is 25.9. The third-order valence-corrected chi connectivity index (χ3v) is 5.20. The molecule has 0 aliphatic carbocycles. The first-order valence-corrected chi connectivity index (χ1v) is 11.7. The molecule has 0 aliphatic rings. The van der Waals surface area contributed by atoms with Crippen LogP contribution in [0.4, 0.5) is 0 Å². The van der Waals surface area contributed by atoms with Gasteiger partial charge in [0.05, 0.1) is 6.42 Å². The number of hydrogen-bond acceptors (Lipinski definition) is 3. The van der Waals surface area contributed by atoms with E-state index in [2.05, 4.69) is 19.1 Å². The van der Waals surface area contributed by atoms with Crippen molar-refractivity contribution >= 4 is 11.9 Å². The van der Waals surface area contributed by atoms with E-state index in [1.54, 1.807) is 0 Å². The summed E-state index contributed by atoms with van der Waals surface area (Å²) in [5.41, 5.74) is 0.992. The van der Waals surface area contributed by atoms with E-state index in [1.807, 2.05) is 30.3 Å². The van der Waals surface area contributed by atoms with Crippen LogP contribution < -0.4 is 0 Å². The van der Waals surface area contributed by atoms with Crippen LogP contribution in [0.25, 0.3) is 0 Å². The van der Waals surface area contributed by atoms with Gasteiger partial charge >= 0.3 is 11.9 Å². The van der Waals surface area contributed by atoms with Crippen molar-refractivity contribution in [1.82, 2.24) is 0 Å². The SMILES string of the molecule is CCCCCC[C@H](C/C=C\CCCCCCCC(=O)O)OC(=O)Cc1ccccc1. The molecule has 1 atom stereocenters. The Morgan fingerprint density at radius 1 is 0.933 bits per heavy atom. The van der Waals surface area contributed by atoms with Gasteiger partial charge < -0.3 is 9.84 Å². The summed E-state index contributed by atoms with van der Waals surface area (Å²) in [6, 6.07) is 9.75. The standard InChI is InChI=1S/C26H40O4/c1-2-3-4-14-19-24(30-26(29)22-23-17-12-11-13-18-23)20-15-9-7-5-6-8-10-16-21-25(27)28/h9,11-13,15,17-18,24H,2-8,10,14,16,19-22H2,1H3,(H,27,28)/b15-9-/t24-/m1/s1. The third kappa shape index (κ3) is 14.8. The van der Waals surface area contributed by atoms with Crippen molar-refractivity contribution in [1.29, 1.82) is 0 Å². The summed E-state index contributed by atoms with van der Waals surface area (Å²) in [6.07, 6.45) is 17.5. The number of rotatable bonds is 18. The summed E-state index contributed by atoms with van der Waals surface area (Å²) in [7, 11) is 0. The molecule has 0 amide bonds. The van der Waals surface area contributed by atoms with Crippen LogP contribution in [-0.4, -0.2) is 23.1 Å². The van der Waals surface area contributed by atoms with Gasteiger partial charge in [0.15, 0.2) is 0 Å². The molecule has 1 N–H and O–H groups in total. The van der Waals surface area contributed by atoms with E-state index in [9.17, 15) is 9.59 Å². The number of carbonyl (C=O) groups is 2. The molecule has 168 valence electrons. The molecule has 0 unspecified atom stereocenters. The zero-order valence-corrected chi connectivity index (χ0v) is 18.7. The molecule has 0 fully saturated rings. The molecule has 1 aromatic rings. The Morgan fingerprint density at radius 2 is 1.63 bits per heavy atom. The normalized spacial score (nSPS) is 12.2. The monoisotopic (exact) mass is 416 g/mol. The first-order chi connectivity index (χ1) is 14.6. The van der Waals surface area contributed by atoms with Gasteiger partial charge in [0.2, 0.25) is 0 Å². The third-order valence-electron chi connectivity index (χ3n) is 5.20. The number of benzene rings is 1. The molecule has 0 spiro atoms. The zero-order valence-electron chi connectivity index (χ0n) is 18.7. The van der Waals surface area contributed by atoms with E-state index < -0.39 is 5.97 Å². The number of unbranched alkanes of at least 4 members (excludes halogenated alkanes) is 8. The molecular formula is C26H40O4. The predicted octanol–water partition coefficient (Wildman–Crippen LogP) is 6.87. The van der Waals surface area contributed by atoms with Crippen LogP contribution in [0.15, 0.2) is 42.5 Å². The molecule has 0 saturated heterocycles. The van der Waals surface area contributed by atoms with Gasteiger partial charge in [-0.3, -0.25) is 9.59 Å². The van der Waals surface area contributed by atoms with Gasteiger partial charge in [-0.1, -0.05) is 87.9 Å². The minimum Gasteiger partial charge on any atom is -0.481 e. The van der Waals surface area contributed by atoms with Crippen LogP contribution in [0.2, 0.25) is 0 Å². The van der Waals surface area contributed by atoms with Crippen molar-refractivity contribution in [3.8, 4) is 0 Å². The predicted molar refractivity (Wildman–Crippen MR) is 122 cm³/mol. The van der Waals surface area contributed by atoms with Gasteiger partial charge in [-0.25, -0.2) is 0 Å². The number of hydrogen-bond donors (Lipinski definition) is 1. The van der Waals surface area contributed by atoms with Crippen molar-refractivity contribution in [3.63, 3.8) is 0 Å². The maximum Gasteiger partial charge on any atom is 0.310 e. The molecule has 1 rings (SSSR count). The molecule has 0 radical (unpaired) electrons. The second-order valence-corrected chi connectivity index (χ2v) is 8.03. The molecule has 30 heavy (non-hydrogen) atoms. The molecule has 0 heterocycles. The van der Waals surface area contributed by atoms with E-state index in [1.165, 1.54) is 19.3 Å². The quantitative estimate of drug-likeness (QED) is 0.161. The van der Waals surface area contributed by atoms with Crippen LogP contribution in [0.5, 0.6) is 0 Å². The molecule has 0 saturated carbocycles. The molecular weight excluding hydrogens is 376 g/mol. The lowest BCUT2D eigenvalue weighted by atomic mass is 10.1. The highest BCUT2D eigenvalue weighted by Crippen LogP contribution is 2.14. The summed E-state index contributed by atoms with van der Waals surface area (Å²) in [5, 5.41) is 8.63. The van der Waals surface area contributed by atoms with E-state index in [4.69, 9.17) is 9.84 Å². The van der Waals surface area contributed by atoms with Crippen molar-refractivity contribution in [2.45, 2.75) is 103 Å². The Hall–Kier alpha value is -2.10. The Balaban J connectivity index is 2.28. The molecule has 4 nitrogen and oxygen atoms in total. The Morgan fingerprint density at radius 3 is 2.37 bits per heavy atom. The fourth-order valence-corrected chi connectivity index (χ4v) is 3.45. The Bertz CT molecular complexity index is 594. The molecule has 0 bridgehead atoms. The lowest BCUT2D eigenvalue weighted by molar-refractivity contribution is -0.148. The van der Waals surface area contributed by atoms with Gasteiger partial charge in [0, 0.05) is 12.8 Å². The minimum absolute atomic E-state index is 0.0367. The highest BCUT2D eigenvalue weighted by Gasteiger charge is 2.13. The maximum absolute atomic E-state index is 12.3. The largest absolute Gasteiger partial charge is 0.481 e. The number of ether oxygens (including phenoxy) is 1. The van der Waals surface area contributed by atoms with Gasteiger partial charge in [-0.2, -0.15) is 0 Å². The van der Waals surface area contributed by atoms with Gasteiger partial charge in [0.1, 0.15) is 6.10 Å². The zero-order chi connectivity index (χ0) is 21.9. The molecule has 4 heteroatoms. The molecule has 0 aliphatic heterocycles. The second kappa shape index (κ2) is 17.7. The van der Waals surface area contributed by atoms with Crippen LogP contribution in [-0.2, 0) is 20.7 Å². The van der Waals surface area contributed by atoms with Crippen molar-refractivity contribution < 1.29 is 19.4 Å². The topological polar surface area (TPSA) is 63.6 Å². The average molecular weight is 417 g/mol. The number of carboxylic acid groups (broad SMARTS) is 1. The highest BCUT2D eigenvalue weighted by atomic mass is 16.5. The van der Waals surface area contributed by atoms with Crippen LogP contribution >= 0.6 is 0 Å². The van der Waals surface area contributed by atoms with E-state index in [0.29, 0.717) is 6.42 Å². The van der Waals surface area contributed by atoms with E-state index in [-0.39, 0.29) is 18.5 Å². The number of aliphatic carboxylic acids is 1. The lowest BCUT2D eigenvalue weighted by Crippen LogP contribution is -2.19. The van der Waals surface area contributed by atoms with Gasteiger partial charge in [0.25, 0.3) is 0 Å². The van der Waals surface area contributed by atoms with Gasteiger partial charge in [-0.05, 0) is 37.7 Å². The fourth-order valence-electron chi connectivity index (χ4n) is 3.45. The highest BCUT2D eigenvalue weighted by molar-refractivity contribution is 5.72.